The molecule has 5 heteroatoms. The number of aromatic nitrogens is 1. The van der Waals surface area contributed by atoms with E-state index >= 15 is 0 Å². The largest absolute Gasteiger partial charge is 0.399 e. The van der Waals surface area contributed by atoms with Gasteiger partial charge in [-0.05, 0) is 30.3 Å². The fourth-order valence-electron chi connectivity index (χ4n) is 1.89. The standard InChI is InChI=1S/C15H18N4O/c1-19(2)14-7-6-11(16)9-13(14)15(20)18-10-12-5-3-4-8-17-12/h3-9H,10,16H2,1-2H3,(H,18,20). The zero-order valence-corrected chi connectivity index (χ0v) is 11.6. The molecule has 20 heavy (non-hydrogen) atoms. The minimum Gasteiger partial charge on any atom is -0.399 e. The van der Waals surface area contributed by atoms with E-state index in [2.05, 4.69) is 10.3 Å². The Morgan fingerprint density at radius 1 is 1.30 bits per heavy atom. The molecule has 3 N–H and O–H groups in total. The van der Waals surface area contributed by atoms with E-state index in [-0.39, 0.29) is 5.91 Å². The van der Waals surface area contributed by atoms with Gasteiger partial charge in [0, 0.05) is 31.7 Å². The number of nitrogen functional groups attached to an aromatic ring is 1. The van der Waals surface area contributed by atoms with Crippen LogP contribution in [0.3, 0.4) is 0 Å². The van der Waals surface area contributed by atoms with Crippen molar-refractivity contribution in [1.82, 2.24) is 10.3 Å². The van der Waals surface area contributed by atoms with Gasteiger partial charge in [-0.1, -0.05) is 6.07 Å². The fourth-order valence-corrected chi connectivity index (χ4v) is 1.89. The van der Waals surface area contributed by atoms with Crippen LogP contribution in [-0.2, 0) is 6.54 Å². The average molecular weight is 270 g/mol. The van der Waals surface area contributed by atoms with Crippen LogP contribution in [0.25, 0.3) is 0 Å². The predicted octanol–water partition coefficient (Wildman–Crippen LogP) is 1.66. The van der Waals surface area contributed by atoms with Crippen LogP contribution in [0.4, 0.5) is 11.4 Å². The summed E-state index contributed by atoms with van der Waals surface area (Å²) in [6, 6.07) is 10.9. The number of carbonyl (C=O) groups excluding carboxylic acids is 1. The van der Waals surface area contributed by atoms with Crippen molar-refractivity contribution >= 4 is 17.3 Å². The molecule has 0 unspecified atom stereocenters. The summed E-state index contributed by atoms with van der Waals surface area (Å²) in [5.74, 6) is -0.161. The summed E-state index contributed by atoms with van der Waals surface area (Å²) in [5, 5.41) is 2.85. The fraction of sp³-hybridized carbons (Fsp3) is 0.200. The Balaban J connectivity index is 2.15. The SMILES string of the molecule is CN(C)c1ccc(N)cc1C(=O)NCc1ccccn1. The van der Waals surface area contributed by atoms with Crippen molar-refractivity contribution in [2.24, 2.45) is 0 Å². The third-order valence-corrected chi connectivity index (χ3v) is 2.90. The maximum absolute atomic E-state index is 12.3. The molecule has 0 saturated carbocycles. The van der Waals surface area contributed by atoms with Gasteiger partial charge in [-0.2, -0.15) is 0 Å². The van der Waals surface area contributed by atoms with E-state index in [1.807, 2.05) is 43.3 Å². The zero-order chi connectivity index (χ0) is 14.5. The van der Waals surface area contributed by atoms with Crippen LogP contribution in [0.15, 0.2) is 42.6 Å². The van der Waals surface area contributed by atoms with Gasteiger partial charge in [0.1, 0.15) is 0 Å². The first kappa shape index (κ1) is 13.9. The van der Waals surface area contributed by atoms with Gasteiger partial charge in [0.25, 0.3) is 5.91 Å². The molecule has 5 nitrogen and oxygen atoms in total. The van der Waals surface area contributed by atoms with E-state index in [4.69, 9.17) is 5.73 Å². The molecule has 1 aromatic carbocycles. The Morgan fingerprint density at radius 2 is 2.10 bits per heavy atom. The Kier molecular flexibility index (Phi) is 4.20. The molecular formula is C15H18N4O. The molecule has 0 aliphatic heterocycles. The molecule has 1 aromatic heterocycles. The molecule has 0 aliphatic carbocycles. The molecule has 0 saturated heterocycles. The predicted molar refractivity (Wildman–Crippen MR) is 80.6 cm³/mol. The third-order valence-electron chi connectivity index (χ3n) is 2.90. The maximum atomic E-state index is 12.3. The molecule has 0 atom stereocenters. The molecule has 0 bridgehead atoms. The van der Waals surface area contributed by atoms with Gasteiger partial charge in [-0.25, -0.2) is 0 Å². The van der Waals surface area contributed by atoms with Gasteiger partial charge in [-0.15, -0.1) is 0 Å². The van der Waals surface area contributed by atoms with Crippen molar-refractivity contribution < 1.29 is 4.79 Å². The number of benzene rings is 1. The lowest BCUT2D eigenvalue weighted by molar-refractivity contribution is 0.0951. The van der Waals surface area contributed by atoms with Crippen molar-refractivity contribution in [3.05, 3.63) is 53.9 Å². The van der Waals surface area contributed by atoms with Crippen LogP contribution in [0.2, 0.25) is 0 Å². The van der Waals surface area contributed by atoms with Crippen LogP contribution in [-0.4, -0.2) is 25.0 Å². The first-order valence-corrected chi connectivity index (χ1v) is 6.33. The van der Waals surface area contributed by atoms with Crippen LogP contribution >= 0.6 is 0 Å². The number of nitrogens with two attached hydrogens (primary N) is 1. The summed E-state index contributed by atoms with van der Waals surface area (Å²) in [7, 11) is 3.78. The van der Waals surface area contributed by atoms with Crippen LogP contribution in [0.5, 0.6) is 0 Å². The lowest BCUT2D eigenvalue weighted by Crippen LogP contribution is -2.25. The van der Waals surface area contributed by atoms with Crippen LogP contribution < -0.4 is 16.0 Å². The van der Waals surface area contributed by atoms with E-state index in [1.54, 1.807) is 18.3 Å². The number of hydrogen-bond donors (Lipinski definition) is 2. The van der Waals surface area contributed by atoms with Gasteiger partial charge in [0.2, 0.25) is 0 Å². The Bertz CT molecular complexity index is 596. The molecule has 2 aromatic rings. The second-order valence-electron chi connectivity index (χ2n) is 4.67. The molecule has 2 rings (SSSR count). The minimum atomic E-state index is -0.161. The summed E-state index contributed by atoms with van der Waals surface area (Å²) < 4.78 is 0. The first-order valence-electron chi connectivity index (χ1n) is 6.33. The highest BCUT2D eigenvalue weighted by molar-refractivity contribution is 6.00. The second-order valence-corrected chi connectivity index (χ2v) is 4.67. The lowest BCUT2D eigenvalue weighted by atomic mass is 10.1. The van der Waals surface area contributed by atoms with Crippen molar-refractivity contribution in [2.75, 3.05) is 24.7 Å². The van der Waals surface area contributed by atoms with Crippen molar-refractivity contribution in [3.63, 3.8) is 0 Å². The highest BCUT2D eigenvalue weighted by atomic mass is 16.1. The van der Waals surface area contributed by atoms with Crippen molar-refractivity contribution in [3.8, 4) is 0 Å². The van der Waals surface area contributed by atoms with Crippen LogP contribution in [0, 0.1) is 0 Å². The number of carbonyl (C=O) groups is 1. The van der Waals surface area contributed by atoms with Gasteiger partial charge in [0.05, 0.1) is 17.8 Å². The normalized spacial score (nSPS) is 10.1. The number of nitrogens with one attached hydrogen (secondary N) is 1. The topological polar surface area (TPSA) is 71.2 Å². The Morgan fingerprint density at radius 3 is 2.75 bits per heavy atom. The van der Waals surface area contributed by atoms with Crippen LogP contribution in [0.1, 0.15) is 16.1 Å². The number of amides is 1. The number of anilines is 2. The summed E-state index contributed by atoms with van der Waals surface area (Å²) in [4.78, 5) is 18.3. The molecule has 104 valence electrons. The number of nitrogens with zero attached hydrogens (tertiary/aromatic N) is 2. The monoisotopic (exact) mass is 270 g/mol. The van der Waals surface area contributed by atoms with E-state index in [1.165, 1.54) is 0 Å². The highest BCUT2D eigenvalue weighted by Crippen LogP contribution is 2.21. The molecule has 0 spiro atoms. The Hall–Kier alpha value is -2.56. The van der Waals surface area contributed by atoms with E-state index in [0.717, 1.165) is 11.4 Å². The van der Waals surface area contributed by atoms with E-state index in [9.17, 15) is 4.79 Å². The lowest BCUT2D eigenvalue weighted by Gasteiger charge is -2.17. The molecular weight excluding hydrogens is 252 g/mol. The molecule has 1 heterocycles. The zero-order valence-electron chi connectivity index (χ0n) is 11.6. The maximum Gasteiger partial charge on any atom is 0.253 e. The smallest absolute Gasteiger partial charge is 0.253 e. The summed E-state index contributed by atoms with van der Waals surface area (Å²) in [6.45, 7) is 0.390. The molecule has 0 fully saturated rings. The second kappa shape index (κ2) is 6.06. The van der Waals surface area contributed by atoms with Gasteiger partial charge in [-0.3, -0.25) is 9.78 Å². The number of pyridine rings is 1. The highest BCUT2D eigenvalue weighted by Gasteiger charge is 2.13. The molecule has 0 radical (unpaired) electrons. The first-order chi connectivity index (χ1) is 9.58. The van der Waals surface area contributed by atoms with E-state index < -0.39 is 0 Å². The summed E-state index contributed by atoms with van der Waals surface area (Å²) in [6.07, 6.45) is 1.70. The summed E-state index contributed by atoms with van der Waals surface area (Å²) >= 11 is 0. The van der Waals surface area contributed by atoms with Crippen molar-refractivity contribution in [1.29, 1.82) is 0 Å². The quantitative estimate of drug-likeness (QED) is 0.829. The van der Waals surface area contributed by atoms with Crippen molar-refractivity contribution in [2.45, 2.75) is 6.54 Å². The van der Waals surface area contributed by atoms with E-state index in [0.29, 0.717) is 17.8 Å². The molecule has 1 amide bonds. The minimum absolute atomic E-state index is 0.161. The molecule has 0 aliphatic rings. The average Bonchev–Trinajstić information content (AvgIpc) is 2.45. The third kappa shape index (κ3) is 3.26. The number of hydrogen-bond acceptors (Lipinski definition) is 4. The van der Waals surface area contributed by atoms with Gasteiger partial charge in [0.15, 0.2) is 0 Å². The van der Waals surface area contributed by atoms with Gasteiger partial charge < -0.3 is 16.0 Å². The van der Waals surface area contributed by atoms with Gasteiger partial charge >= 0.3 is 0 Å². The Labute approximate surface area is 118 Å². The number of rotatable bonds is 4. The summed E-state index contributed by atoms with van der Waals surface area (Å²) in [5.41, 5.74) is 8.54.